The van der Waals surface area contributed by atoms with Crippen molar-refractivity contribution >= 4 is 11.8 Å². The van der Waals surface area contributed by atoms with E-state index in [2.05, 4.69) is 10.3 Å². The number of aryl methyl sites for hydroxylation is 1. The van der Waals surface area contributed by atoms with E-state index in [0.29, 0.717) is 18.0 Å². The zero-order valence-corrected chi connectivity index (χ0v) is 16.6. The molecule has 0 atom stereocenters. The van der Waals surface area contributed by atoms with Crippen LogP contribution in [-0.2, 0) is 11.3 Å². The lowest BCUT2D eigenvalue weighted by atomic mass is 10.1. The molecule has 2 heterocycles. The molecule has 1 aliphatic heterocycles. The first kappa shape index (κ1) is 19.5. The number of aromatic nitrogens is 2. The molecule has 1 aromatic carbocycles. The average Bonchev–Trinajstić information content (AvgIpc) is 3.47. The van der Waals surface area contributed by atoms with Gasteiger partial charge >= 0.3 is 0 Å². The number of nitrogens with zero attached hydrogens (tertiary/aromatic N) is 3. The molecule has 2 fully saturated rings. The standard InChI is InChI=1S/C22H28N4O3/c27-21(24-10-1-12-25-15-11-23-16-25)17-4-6-19(7-5-17)29-20-8-13-26(14-9-20)22(28)18-2-3-18/h4-7,11,15-16,18,20H,1-3,8-10,12-14H2,(H,24,27). The van der Waals surface area contributed by atoms with Crippen molar-refractivity contribution in [3.8, 4) is 5.75 Å². The lowest BCUT2D eigenvalue weighted by molar-refractivity contribution is -0.134. The number of benzene rings is 1. The van der Waals surface area contributed by atoms with Crippen LogP contribution in [0.5, 0.6) is 5.75 Å². The van der Waals surface area contributed by atoms with Gasteiger partial charge in [-0.2, -0.15) is 0 Å². The van der Waals surface area contributed by atoms with Gasteiger partial charge in [-0.05, 0) is 43.5 Å². The molecule has 1 aliphatic carbocycles. The molecule has 29 heavy (non-hydrogen) atoms. The summed E-state index contributed by atoms with van der Waals surface area (Å²) >= 11 is 0. The van der Waals surface area contributed by atoms with Crippen LogP contribution in [0.25, 0.3) is 0 Å². The van der Waals surface area contributed by atoms with E-state index in [9.17, 15) is 9.59 Å². The van der Waals surface area contributed by atoms with E-state index in [-0.39, 0.29) is 17.9 Å². The van der Waals surface area contributed by atoms with E-state index >= 15 is 0 Å². The average molecular weight is 396 g/mol. The molecule has 1 saturated heterocycles. The van der Waals surface area contributed by atoms with Gasteiger partial charge in [-0.1, -0.05) is 0 Å². The Morgan fingerprint density at radius 3 is 2.52 bits per heavy atom. The largest absolute Gasteiger partial charge is 0.490 e. The van der Waals surface area contributed by atoms with Crippen molar-refractivity contribution in [2.45, 2.75) is 44.8 Å². The minimum atomic E-state index is -0.0749. The lowest BCUT2D eigenvalue weighted by Crippen LogP contribution is -2.42. The highest BCUT2D eigenvalue weighted by Crippen LogP contribution is 2.32. The molecule has 1 saturated carbocycles. The van der Waals surface area contributed by atoms with Crippen molar-refractivity contribution in [2.75, 3.05) is 19.6 Å². The van der Waals surface area contributed by atoms with Crippen molar-refractivity contribution in [1.82, 2.24) is 19.8 Å². The van der Waals surface area contributed by atoms with Crippen LogP contribution in [0, 0.1) is 5.92 Å². The van der Waals surface area contributed by atoms with Crippen molar-refractivity contribution in [2.24, 2.45) is 5.92 Å². The summed E-state index contributed by atoms with van der Waals surface area (Å²) in [5, 5.41) is 2.94. The third-order valence-corrected chi connectivity index (χ3v) is 5.54. The number of piperidine rings is 1. The third-order valence-electron chi connectivity index (χ3n) is 5.54. The Labute approximate surface area is 171 Å². The highest BCUT2D eigenvalue weighted by Gasteiger charge is 2.35. The van der Waals surface area contributed by atoms with Gasteiger partial charge in [0.05, 0.1) is 6.33 Å². The quantitative estimate of drug-likeness (QED) is 0.696. The summed E-state index contributed by atoms with van der Waals surface area (Å²) in [5.74, 6) is 1.31. The first-order valence-electron chi connectivity index (χ1n) is 10.5. The molecule has 1 aromatic heterocycles. The number of hydrogen-bond acceptors (Lipinski definition) is 4. The van der Waals surface area contributed by atoms with E-state index in [1.807, 2.05) is 27.8 Å². The van der Waals surface area contributed by atoms with E-state index in [1.54, 1.807) is 24.7 Å². The number of carbonyl (C=O) groups is 2. The fraction of sp³-hybridized carbons (Fsp3) is 0.500. The van der Waals surface area contributed by atoms with Gasteiger partial charge in [0.15, 0.2) is 0 Å². The van der Waals surface area contributed by atoms with E-state index in [0.717, 1.165) is 57.5 Å². The molecule has 0 radical (unpaired) electrons. The first-order valence-corrected chi connectivity index (χ1v) is 10.5. The normalized spacial score (nSPS) is 17.2. The van der Waals surface area contributed by atoms with E-state index in [1.165, 1.54) is 0 Å². The molecule has 7 heteroatoms. The molecule has 2 amide bonds. The van der Waals surface area contributed by atoms with Crippen LogP contribution >= 0.6 is 0 Å². The Bertz CT molecular complexity index is 807. The smallest absolute Gasteiger partial charge is 0.251 e. The molecule has 4 rings (SSSR count). The Hall–Kier alpha value is -2.83. The maximum absolute atomic E-state index is 12.3. The minimum absolute atomic E-state index is 0.0749. The highest BCUT2D eigenvalue weighted by molar-refractivity contribution is 5.94. The maximum atomic E-state index is 12.3. The number of hydrogen-bond donors (Lipinski definition) is 1. The predicted octanol–water partition coefficient (Wildman–Crippen LogP) is 2.48. The van der Waals surface area contributed by atoms with E-state index in [4.69, 9.17) is 4.74 Å². The Morgan fingerprint density at radius 2 is 1.86 bits per heavy atom. The molecule has 7 nitrogen and oxygen atoms in total. The Morgan fingerprint density at radius 1 is 1.10 bits per heavy atom. The van der Waals surface area contributed by atoms with Crippen LogP contribution in [-0.4, -0.2) is 52.0 Å². The van der Waals surface area contributed by atoms with Gasteiger partial charge in [0.2, 0.25) is 5.91 Å². The molecule has 154 valence electrons. The number of likely N-dealkylation sites (tertiary alicyclic amines) is 1. The summed E-state index contributed by atoms with van der Waals surface area (Å²) in [6.45, 7) is 3.00. The van der Waals surface area contributed by atoms with Crippen LogP contribution in [0.3, 0.4) is 0 Å². The zero-order chi connectivity index (χ0) is 20.1. The van der Waals surface area contributed by atoms with Crippen LogP contribution < -0.4 is 10.1 Å². The van der Waals surface area contributed by atoms with Gasteiger partial charge in [0, 0.05) is 62.9 Å². The fourth-order valence-corrected chi connectivity index (χ4v) is 3.64. The Balaban J connectivity index is 1.17. The molecule has 2 aromatic rings. The van der Waals surface area contributed by atoms with E-state index < -0.39 is 0 Å². The first-order chi connectivity index (χ1) is 14.2. The van der Waals surface area contributed by atoms with Crippen LogP contribution in [0.1, 0.15) is 42.5 Å². The molecule has 0 spiro atoms. The topological polar surface area (TPSA) is 76.5 Å². The minimum Gasteiger partial charge on any atom is -0.490 e. The molecular weight excluding hydrogens is 368 g/mol. The molecular formula is C22H28N4O3. The second-order valence-electron chi connectivity index (χ2n) is 7.85. The fourth-order valence-electron chi connectivity index (χ4n) is 3.64. The summed E-state index contributed by atoms with van der Waals surface area (Å²) in [6.07, 6.45) is 10.2. The van der Waals surface area contributed by atoms with Crippen molar-refractivity contribution in [3.63, 3.8) is 0 Å². The van der Waals surface area contributed by atoms with Gasteiger partial charge in [-0.3, -0.25) is 9.59 Å². The molecule has 0 unspecified atom stereocenters. The van der Waals surface area contributed by atoms with Crippen LogP contribution in [0.2, 0.25) is 0 Å². The van der Waals surface area contributed by atoms with Gasteiger partial charge in [0.1, 0.15) is 11.9 Å². The van der Waals surface area contributed by atoms with Crippen molar-refractivity contribution < 1.29 is 14.3 Å². The lowest BCUT2D eigenvalue weighted by Gasteiger charge is -2.32. The number of nitrogens with one attached hydrogen (secondary N) is 1. The SMILES string of the molecule is O=C(NCCCn1ccnc1)c1ccc(OC2CCN(C(=O)C3CC3)CC2)cc1. The molecule has 2 aliphatic rings. The maximum Gasteiger partial charge on any atom is 0.251 e. The zero-order valence-electron chi connectivity index (χ0n) is 16.6. The number of carbonyl (C=O) groups excluding carboxylic acids is 2. The number of ether oxygens (including phenoxy) is 1. The second kappa shape index (κ2) is 9.11. The van der Waals surface area contributed by atoms with Crippen molar-refractivity contribution in [3.05, 3.63) is 48.5 Å². The predicted molar refractivity (Wildman–Crippen MR) is 109 cm³/mol. The summed E-state index contributed by atoms with van der Waals surface area (Å²) in [4.78, 5) is 30.4. The van der Waals surface area contributed by atoms with Gasteiger partial charge in [-0.15, -0.1) is 0 Å². The van der Waals surface area contributed by atoms with Crippen molar-refractivity contribution in [1.29, 1.82) is 0 Å². The van der Waals surface area contributed by atoms with Crippen LogP contribution in [0.4, 0.5) is 0 Å². The summed E-state index contributed by atoms with van der Waals surface area (Å²) in [5.41, 5.74) is 0.629. The monoisotopic (exact) mass is 396 g/mol. The summed E-state index contributed by atoms with van der Waals surface area (Å²) in [6, 6.07) is 7.29. The van der Waals surface area contributed by atoms with Gasteiger partial charge in [-0.25, -0.2) is 4.98 Å². The third kappa shape index (κ3) is 5.37. The van der Waals surface area contributed by atoms with Gasteiger partial charge < -0.3 is 19.5 Å². The van der Waals surface area contributed by atoms with Crippen LogP contribution in [0.15, 0.2) is 43.0 Å². The second-order valence-corrected chi connectivity index (χ2v) is 7.85. The number of amides is 2. The summed E-state index contributed by atoms with van der Waals surface area (Å²) < 4.78 is 8.05. The molecule has 0 bridgehead atoms. The number of imidazole rings is 1. The Kier molecular flexibility index (Phi) is 6.12. The highest BCUT2D eigenvalue weighted by atomic mass is 16.5. The molecule has 1 N–H and O–H groups in total. The number of rotatable bonds is 8. The van der Waals surface area contributed by atoms with Gasteiger partial charge in [0.25, 0.3) is 5.91 Å². The summed E-state index contributed by atoms with van der Waals surface area (Å²) in [7, 11) is 0.